The molecule has 0 saturated carbocycles. The van der Waals surface area contributed by atoms with Crippen molar-refractivity contribution in [1.82, 2.24) is 5.43 Å². The fraction of sp³-hybridized carbons (Fsp3) is 0.250. The van der Waals surface area contributed by atoms with E-state index in [0.717, 1.165) is 17.4 Å². The minimum Gasteiger partial charge on any atom is -0.497 e. The Bertz CT molecular complexity index is 605. The van der Waals surface area contributed by atoms with Crippen LogP contribution in [-0.2, 0) is 12.8 Å². The molecule has 0 bridgehead atoms. The van der Waals surface area contributed by atoms with E-state index in [1.165, 1.54) is 12.1 Å². The number of hydrogen-bond acceptors (Lipinski definition) is 3. The third-order valence-corrected chi connectivity index (χ3v) is 3.33. The van der Waals surface area contributed by atoms with Gasteiger partial charge in [-0.3, -0.25) is 11.3 Å². The number of ether oxygens (including phenoxy) is 1. The van der Waals surface area contributed by atoms with Crippen LogP contribution in [0.1, 0.15) is 11.1 Å². The van der Waals surface area contributed by atoms with E-state index in [9.17, 15) is 8.78 Å². The number of hydrogen-bond donors (Lipinski definition) is 2. The smallest absolute Gasteiger partial charge is 0.129 e. The van der Waals surface area contributed by atoms with Crippen LogP contribution in [0.15, 0.2) is 42.5 Å². The first-order chi connectivity index (χ1) is 10.1. The molecule has 0 aliphatic rings. The lowest BCUT2D eigenvalue weighted by Gasteiger charge is -2.17. The van der Waals surface area contributed by atoms with Crippen LogP contribution in [0, 0.1) is 11.6 Å². The molecule has 0 aliphatic heterocycles. The molecule has 0 saturated heterocycles. The molecule has 0 amide bonds. The van der Waals surface area contributed by atoms with Crippen LogP contribution in [0.3, 0.4) is 0 Å². The van der Waals surface area contributed by atoms with Gasteiger partial charge >= 0.3 is 0 Å². The number of nitrogens with two attached hydrogens (primary N) is 1. The number of hydrazine groups is 1. The van der Waals surface area contributed by atoms with Crippen molar-refractivity contribution in [1.29, 1.82) is 0 Å². The lowest BCUT2D eigenvalue weighted by Crippen LogP contribution is -2.38. The summed E-state index contributed by atoms with van der Waals surface area (Å²) >= 11 is 0. The summed E-state index contributed by atoms with van der Waals surface area (Å²) in [6, 6.07) is 11.0. The molecule has 0 aliphatic carbocycles. The van der Waals surface area contributed by atoms with Crippen molar-refractivity contribution in [2.45, 2.75) is 18.9 Å². The zero-order chi connectivity index (χ0) is 15.2. The van der Waals surface area contributed by atoms with Crippen molar-refractivity contribution >= 4 is 0 Å². The summed E-state index contributed by atoms with van der Waals surface area (Å²) in [5.74, 6) is 5.16. The number of methoxy groups -OCH3 is 1. The largest absolute Gasteiger partial charge is 0.497 e. The molecular formula is C16H18F2N2O. The van der Waals surface area contributed by atoms with Crippen molar-refractivity contribution in [2.75, 3.05) is 7.11 Å². The summed E-state index contributed by atoms with van der Waals surface area (Å²) in [5.41, 5.74) is 4.14. The topological polar surface area (TPSA) is 47.3 Å². The maximum atomic E-state index is 13.7. The van der Waals surface area contributed by atoms with E-state index in [1.54, 1.807) is 7.11 Å². The third-order valence-electron chi connectivity index (χ3n) is 3.33. The van der Waals surface area contributed by atoms with Crippen LogP contribution in [0.25, 0.3) is 0 Å². The normalized spacial score (nSPS) is 12.2. The van der Waals surface area contributed by atoms with Gasteiger partial charge in [0.15, 0.2) is 0 Å². The van der Waals surface area contributed by atoms with E-state index in [1.807, 2.05) is 24.3 Å². The summed E-state index contributed by atoms with van der Waals surface area (Å²) in [7, 11) is 1.60. The molecule has 112 valence electrons. The minimum absolute atomic E-state index is 0.155. The Kier molecular flexibility index (Phi) is 5.25. The Morgan fingerprint density at radius 3 is 2.62 bits per heavy atom. The van der Waals surface area contributed by atoms with Gasteiger partial charge in [-0.05, 0) is 42.2 Å². The van der Waals surface area contributed by atoms with Gasteiger partial charge in [0.1, 0.15) is 17.4 Å². The van der Waals surface area contributed by atoms with E-state index >= 15 is 0 Å². The Labute approximate surface area is 122 Å². The second kappa shape index (κ2) is 7.15. The first kappa shape index (κ1) is 15.4. The van der Waals surface area contributed by atoms with Gasteiger partial charge in [-0.2, -0.15) is 0 Å². The predicted octanol–water partition coefficient (Wildman–Crippen LogP) is 2.59. The van der Waals surface area contributed by atoms with Crippen LogP contribution in [-0.4, -0.2) is 13.2 Å². The highest BCUT2D eigenvalue weighted by Gasteiger charge is 2.13. The number of rotatable bonds is 6. The Balaban J connectivity index is 2.09. The molecule has 0 heterocycles. The summed E-state index contributed by atoms with van der Waals surface area (Å²) in [6.45, 7) is 0. The van der Waals surface area contributed by atoms with Crippen molar-refractivity contribution in [3.05, 3.63) is 65.2 Å². The highest BCUT2D eigenvalue weighted by atomic mass is 19.1. The fourth-order valence-corrected chi connectivity index (χ4v) is 2.23. The van der Waals surface area contributed by atoms with Crippen LogP contribution in [0.5, 0.6) is 5.75 Å². The molecule has 2 aromatic rings. The van der Waals surface area contributed by atoms with Gasteiger partial charge in [-0.25, -0.2) is 8.78 Å². The number of nitrogens with one attached hydrogen (secondary N) is 1. The molecule has 5 heteroatoms. The zero-order valence-electron chi connectivity index (χ0n) is 11.8. The summed E-state index contributed by atoms with van der Waals surface area (Å²) < 4.78 is 31.7. The van der Waals surface area contributed by atoms with E-state index in [2.05, 4.69) is 5.43 Å². The van der Waals surface area contributed by atoms with Crippen molar-refractivity contribution in [2.24, 2.45) is 5.84 Å². The molecular weight excluding hydrogens is 274 g/mol. The first-order valence-corrected chi connectivity index (χ1v) is 6.65. The maximum Gasteiger partial charge on any atom is 0.129 e. The monoisotopic (exact) mass is 292 g/mol. The van der Waals surface area contributed by atoms with Gasteiger partial charge in [-0.15, -0.1) is 0 Å². The number of halogens is 2. The quantitative estimate of drug-likeness (QED) is 0.635. The summed E-state index contributed by atoms with van der Waals surface area (Å²) in [4.78, 5) is 0. The van der Waals surface area contributed by atoms with Crippen LogP contribution < -0.4 is 16.0 Å². The van der Waals surface area contributed by atoms with Crippen molar-refractivity contribution in [3.63, 3.8) is 0 Å². The maximum absolute atomic E-state index is 13.7. The van der Waals surface area contributed by atoms with Gasteiger partial charge in [0.2, 0.25) is 0 Å². The molecule has 1 unspecified atom stereocenters. The van der Waals surface area contributed by atoms with Crippen molar-refractivity contribution < 1.29 is 13.5 Å². The number of benzene rings is 2. The fourth-order valence-electron chi connectivity index (χ4n) is 2.23. The van der Waals surface area contributed by atoms with Gasteiger partial charge in [0.05, 0.1) is 7.11 Å². The van der Waals surface area contributed by atoms with E-state index in [-0.39, 0.29) is 6.04 Å². The predicted molar refractivity (Wildman–Crippen MR) is 77.9 cm³/mol. The molecule has 2 rings (SSSR count). The molecule has 0 aromatic heterocycles. The van der Waals surface area contributed by atoms with E-state index < -0.39 is 11.6 Å². The highest BCUT2D eigenvalue weighted by molar-refractivity contribution is 5.29. The van der Waals surface area contributed by atoms with Crippen LogP contribution >= 0.6 is 0 Å². The lowest BCUT2D eigenvalue weighted by atomic mass is 9.99. The van der Waals surface area contributed by atoms with Gasteiger partial charge in [0.25, 0.3) is 0 Å². The van der Waals surface area contributed by atoms with Gasteiger partial charge in [0, 0.05) is 12.1 Å². The molecule has 21 heavy (non-hydrogen) atoms. The van der Waals surface area contributed by atoms with Crippen LogP contribution in [0.2, 0.25) is 0 Å². The zero-order valence-corrected chi connectivity index (χ0v) is 11.8. The minimum atomic E-state index is -0.582. The van der Waals surface area contributed by atoms with Gasteiger partial charge < -0.3 is 4.74 Å². The van der Waals surface area contributed by atoms with E-state index in [4.69, 9.17) is 10.6 Å². The molecule has 2 aromatic carbocycles. The second-order valence-electron chi connectivity index (χ2n) is 4.86. The first-order valence-electron chi connectivity index (χ1n) is 6.65. The molecule has 0 radical (unpaired) electrons. The molecule has 3 N–H and O–H groups in total. The summed E-state index contributed by atoms with van der Waals surface area (Å²) in [6.07, 6.45) is 0.990. The third kappa shape index (κ3) is 4.24. The second-order valence-corrected chi connectivity index (χ2v) is 4.86. The van der Waals surface area contributed by atoms with Crippen molar-refractivity contribution in [3.8, 4) is 5.75 Å². The standard InChI is InChI=1S/C16H18F2N2O/c1-21-15-4-2-3-11(8-15)7-14(20-19)9-12-5-6-13(17)10-16(12)18/h2-6,8,10,14,20H,7,9,19H2,1H3. The van der Waals surface area contributed by atoms with E-state index in [0.29, 0.717) is 18.4 Å². The average molecular weight is 292 g/mol. The lowest BCUT2D eigenvalue weighted by molar-refractivity contribution is 0.413. The Morgan fingerprint density at radius 2 is 1.95 bits per heavy atom. The Hall–Kier alpha value is -1.98. The highest BCUT2D eigenvalue weighted by Crippen LogP contribution is 2.17. The SMILES string of the molecule is COc1cccc(CC(Cc2ccc(F)cc2F)NN)c1. The average Bonchev–Trinajstić information content (AvgIpc) is 2.49. The van der Waals surface area contributed by atoms with Gasteiger partial charge in [-0.1, -0.05) is 18.2 Å². The molecule has 3 nitrogen and oxygen atoms in total. The Morgan fingerprint density at radius 1 is 1.14 bits per heavy atom. The molecule has 0 spiro atoms. The summed E-state index contributed by atoms with van der Waals surface area (Å²) in [5, 5.41) is 0. The molecule has 1 atom stereocenters. The molecule has 0 fully saturated rings. The van der Waals surface area contributed by atoms with Crippen LogP contribution in [0.4, 0.5) is 8.78 Å².